The molecule has 1 aromatic rings. The molecule has 1 amide bonds. The van der Waals surface area contributed by atoms with Gasteiger partial charge in [0, 0.05) is 6.54 Å². The lowest BCUT2D eigenvalue weighted by atomic mass is 10.2. The molecule has 2 rings (SSSR count). The monoisotopic (exact) mass is 316 g/mol. The summed E-state index contributed by atoms with van der Waals surface area (Å²) >= 11 is 0. The van der Waals surface area contributed by atoms with E-state index in [2.05, 4.69) is 5.48 Å². The zero-order valence-corrected chi connectivity index (χ0v) is 12.4. The number of halogens is 1. The number of nitrogens with zero attached hydrogens (tertiary/aromatic N) is 1. The third kappa shape index (κ3) is 3.39. The third-order valence-electron chi connectivity index (χ3n) is 3.24. The van der Waals surface area contributed by atoms with Gasteiger partial charge in [0.1, 0.15) is 11.9 Å². The van der Waals surface area contributed by atoms with Gasteiger partial charge in [-0.25, -0.2) is 18.3 Å². The van der Waals surface area contributed by atoms with Crippen LogP contribution in [0.2, 0.25) is 0 Å². The van der Waals surface area contributed by atoms with E-state index in [1.54, 1.807) is 6.92 Å². The summed E-state index contributed by atoms with van der Waals surface area (Å²) in [7, 11) is -3.82. The van der Waals surface area contributed by atoms with Gasteiger partial charge in [-0.3, -0.25) is 9.63 Å². The molecular formula is C13H17FN2O4S. The van der Waals surface area contributed by atoms with Gasteiger partial charge in [0.25, 0.3) is 5.91 Å². The fourth-order valence-corrected chi connectivity index (χ4v) is 3.90. The second kappa shape index (κ2) is 6.50. The summed E-state index contributed by atoms with van der Waals surface area (Å²) in [6.07, 6.45) is 1.02. The number of hydrogen-bond acceptors (Lipinski definition) is 4. The number of benzene rings is 1. The minimum Gasteiger partial charge on any atom is -0.274 e. The summed E-state index contributed by atoms with van der Waals surface area (Å²) in [6, 6.07) is 3.75. The van der Waals surface area contributed by atoms with Crippen molar-refractivity contribution in [2.24, 2.45) is 0 Å². The van der Waals surface area contributed by atoms with Crippen LogP contribution in [0.3, 0.4) is 0 Å². The van der Waals surface area contributed by atoms with Crippen molar-refractivity contribution in [3.05, 3.63) is 30.1 Å². The van der Waals surface area contributed by atoms with Gasteiger partial charge in [-0.2, -0.15) is 4.31 Å². The molecule has 8 heteroatoms. The van der Waals surface area contributed by atoms with Gasteiger partial charge >= 0.3 is 0 Å². The van der Waals surface area contributed by atoms with Crippen LogP contribution in [0, 0.1) is 5.82 Å². The van der Waals surface area contributed by atoms with E-state index in [1.807, 2.05) is 0 Å². The maximum absolute atomic E-state index is 12.9. The van der Waals surface area contributed by atoms with Crippen LogP contribution in [0.5, 0.6) is 0 Å². The van der Waals surface area contributed by atoms with Gasteiger partial charge in [0.2, 0.25) is 10.0 Å². The molecule has 0 spiro atoms. The van der Waals surface area contributed by atoms with E-state index in [1.165, 1.54) is 12.1 Å². The summed E-state index contributed by atoms with van der Waals surface area (Å²) < 4.78 is 39.1. The summed E-state index contributed by atoms with van der Waals surface area (Å²) in [4.78, 5) is 16.7. The van der Waals surface area contributed by atoms with Crippen molar-refractivity contribution in [2.75, 3.05) is 13.2 Å². The van der Waals surface area contributed by atoms with Crippen LogP contribution in [0.1, 0.15) is 19.8 Å². The van der Waals surface area contributed by atoms with Crippen molar-refractivity contribution >= 4 is 15.9 Å². The standard InChI is InChI=1S/C13H17FN2O4S/c1-2-20-15-13(17)12-4-3-9-16(12)21(18,19)11-7-5-10(14)6-8-11/h5-8,12H,2-4,9H2,1H3,(H,15,17)/t12-/m1/s1. The predicted molar refractivity (Wildman–Crippen MR) is 73.1 cm³/mol. The molecule has 1 saturated heterocycles. The summed E-state index contributed by atoms with van der Waals surface area (Å²) in [5.74, 6) is -0.999. The molecule has 1 aromatic carbocycles. The first kappa shape index (κ1) is 15.9. The topological polar surface area (TPSA) is 75.7 Å². The maximum Gasteiger partial charge on any atom is 0.261 e. The Kier molecular flexibility index (Phi) is 4.92. The average molecular weight is 316 g/mol. The lowest BCUT2D eigenvalue weighted by Gasteiger charge is -2.23. The Morgan fingerprint density at radius 1 is 1.43 bits per heavy atom. The molecule has 0 aromatic heterocycles. The van der Waals surface area contributed by atoms with E-state index >= 15 is 0 Å². The van der Waals surface area contributed by atoms with Gasteiger partial charge in [-0.1, -0.05) is 0 Å². The van der Waals surface area contributed by atoms with Crippen LogP contribution >= 0.6 is 0 Å². The Labute approximate surface area is 122 Å². The molecule has 0 bridgehead atoms. The van der Waals surface area contributed by atoms with Crippen LogP contribution in [0.25, 0.3) is 0 Å². The number of carbonyl (C=O) groups excluding carboxylic acids is 1. The second-order valence-electron chi connectivity index (χ2n) is 4.63. The first-order chi connectivity index (χ1) is 9.96. The number of rotatable bonds is 5. The lowest BCUT2D eigenvalue weighted by Crippen LogP contribution is -2.45. The summed E-state index contributed by atoms with van der Waals surface area (Å²) in [6.45, 7) is 2.26. The summed E-state index contributed by atoms with van der Waals surface area (Å²) in [5.41, 5.74) is 2.23. The Morgan fingerprint density at radius 3 is 2.71 bits per heavy atom. The molecule has 1 heterocycles. The van der Waals surface area contributed by atoms with Gasteiger partial charge in [-0.05, 0) is 44.0 Å². The van der Waals surface area contributed by atoms with E-state index in [9.17, 15) is 17.6 Å². The normalized spacial score (nSPS) is 19.6. The van der Waals surface area contributed by atoms with Crippen LogP contribution < -0.4 is 5.48 Å². The smallest absolute Gasteiger partial charge is 0.261 e. The highest BCUT2D eigenvalue weighted by Crippen LogP contribution is 2.26. The predicted octanol–water partition coefficient (Wildman–Crippen LogP) is 1.05. The van der Waals surface area contributed by atoms with Crippen molar-refractivity contribution in [1.82, 2.24) is 9.79 Å². The van der Waals surface area contributed by atoms with Crippen molar-refractivity contribution < 1.29 is 22.4 Å². The Hall–Kier alpha value is -1.51. The van der Waals surface area contributed by atoms with Gasteiger partial charge < -0.3 is 0 Å². The molecule has 116 valence electrons. The van der Waals surface area contributed by atoms with E-state index in [4.69, 9.17) is 4.84 Å². The van der Waals surface area contributed by atoms with Crippen molar-refractivity contribution in [2.45, 2.75) is 30.7 Å². The molecule has 6 nitrogen and oxygen atoms in total. The zero-order chi connectivity index (χ0) is 15.5. The minimum atomic E-state index is -3.82. The molecule has 0 radical (unpaired) electrons. The molecule has 21 heavy (non-hydrogen) atoms. The molecule has 0 aliphatic carbocycles. The largest absolute Gasteiger partial charge is 0.274 e. The molecule has 1 atom stereocenters. The Balaban J connectivity index is 2.22. The first-order valence-electron chi connectivity index (χ1n) is 6.66. The molecule has 0 saturated carbocycles. The average Bonchev–Trinajstić information content (AvgIpc) is 2.95. The van der Waals surface area contributed by atoms with Gasteiger partial charge in [0.05, 0.1) is 11.5 Å². The van der Waals surface area contributed by atoms with Gasteiger partial charge in [0.15, 0.2) is 0 Å². The van der Waals surface area contributed by atoms with E-state index in [-0.39, 0.29) is 11.4 Å². The first-order valence-corrected chi connectivity index (χ1v) is 8.10. The zero-order valence-electron chi connectivity index (χ0n) is 11.6. The van der Waals surface area contributed by atoms with Crippen molar-refractivity contribution in [3.63, 3.8) is 0 Å². The van der Waals surface area contributed by atoms with E-state index in [0.717, 1.165) is 16.4 Å². The fraction of sp³-hybridized carbons (Fsp3) is 0.462. The highest BCUT2D eigenvalue weighted by atomic mass is 32.2. The van der Waals surface area contributed by atoms with Crippen molar-refractivity contribution in [1.29, 1.82) is 0 Å². The lowest BCUT2D eigenvalue weighted by molar-refractivity contribution is -0.136. The van der Waals surface area contributed by atoms with E-state index < -0.39 is 27.8 Å². The minimum absolute atomic E-state index is 0.0278. The summed E-state index contributed by atoms with van der Waals surface area (Å²) in [5, 5.41) is 0. The number of hydrogen-bond donors (Lipinski definition) is 1. The molecule has 1 N–H and O–H groups in total. The van der Waals surface area contributed by atoms with Crippen LogP contribution in [-0.4, -0.2) is 37.8 Å². The molecular weight excluding hydrogens is 299 g/mol. The fourth-order valence-electron chi connectivity index (χ4n) is 2.24. The molecule has 1 aliphatic heterocycles. The SMILES string of the molecule is CCONC(=O)[C@H]1CCCN1S(=O)(=O)c1ccc(F)cc1. The quantitative estimate of drug-likeness (QED) is 0.824. The van der Waals surface area contributed by atoms with Crippen LogP contribution in [-0.2, 0) is 19.7 Å². The number of hydroxylamine groups is 1. The van der Waals surface area contributed by atoms with Crippen LogP contribution in [0.15, 0.2) is 29.2 Å². The van der Waals surface area contributed by atoms with Crippen LogP contribution in [0.4, 0.5) is 4.39 Å². The maximum atomic E-state index is 12.9. The number of sulfonamides is 1. The van der Waals surface area contributed by atoms with E-state index in [0.29, 0.717) is 19.4 Å². The van der Waals surface area contributed by atoms with Gasteiger partial charge in [-0.15, -0.1) is 0 Å². The highest BCUT2D eigenvalue weighted by Gasteiger charge is 2.39. The second-order valence-corrected chi connectivity index (χ2v) is 6.52. The number of amides is 1. The molecule has 1 fully saturated rings. The Morgan fingerprint density at radius 2 is 2.10 bits per heavy atom. The molecule has 0 unspecified atom stereocenters. The third-order valence-corrected chi connectivity index (χ3v) is 5.17. The number of nitrogens with one attached hydrogen (secondary N) is 1. The Bertz CT molecular complexity index is 603. The molecule has 1 aliphatic rings. The van der Waals surface area contributed by atoms with Crippen molar-refractivity contribution in [3.8, 4) is 0 Å². The number of carbonyl (C=O) groups is 1. The highest BCUT2D eigenvalue weighted by molar-refractivity contribution is 7.89.